The molecule has 0 saturated heterocycles. The summed E-state index contributed by atoms with van der Waals surface area (Å²) in [5.74, 6) is -0.865. The van der Waals surface area contributed by atoms with Crippen LogP contribution in [0.1, 0.15) is 44.4 Å². The molecular weight excluding hydrogens is 204 g/mol. The number of hydrogen-bond acceptors (Lipinski definition) is 2. The van der Waals surface area contributed by atoms with Crippen molar-refractivity contribution < 1.29 is 15.0 Å². The van der Waals surface area contributed by atoms with Crippen molar-refractivity contribution in [2.45, 2.75) is 38.7 Å². The number of aliphatic carboxylic acids is 1. The van der Waals surface area contributed by atoms with E-state index in [1.165, 1.54) is 0 Å². The van der Waals surface area contributed by atoms with Gasteiger partial charge in [0.1, 0.15) is 0 Å². The van der Waals surface area contributed by atoms with Crippen LogP contribution >= 0.6 is 0 Å². The van der Waals surface area contributed by atoms with E-state index in [9.17, 15) is 9.90 Å². The van der Waals surface area contributed by atoms with Crippen LogP contribution in [0.3, 0.4) is 0 Å². The molecule has 1 aromatic carbocycles. The van der Waals surface area contributed by atoms with Crippen molar-refractivity contribution in [3.8, 4) is 0 Å². The van der Waals surface area contributed by atoms with Crippen LogP contribution in [0.15, 0.2) is 24.3 Å². The number of rotatable bonds is 4. The fourth-order valence-corrected chi connectivity index (χ4v) is 1.49. The lowest BCUT2D eigenvalue weighted by Gasteiger charge is -2.21. The molecule has 1 unspecified atom stereocenters. The minimum atomic E-state index is -0.927. The van der Waals surface area contributed by atoms with Crippen LogP contribution in [0.25, 0.3) is 0 Å². The number of aliphatic hydroxyl groups excluding tert-OH is 1. The minimum Gasteiger partial charge on any atom is -0.481 e. The van der Waals surface area contributed by atoms with Crippen molar-refractivity contribution in [2.75, 3.05) is 0 Å². The molecule has 0 aliphatic rings. The summed E-state index contributed by atoms with van der Waals surface area (Å²) >= 11 is 0. The zero-order chi connectivity index (χ0) is 12.3. The molecule has 0 fully saturated rings. The summed E-state index contributed by atoms with van der Waals surface area (Å²) in [5, 5.41) is 18.8. The van der Waals surface area contributed by atoms with Gasteiger partial charge in [-0.15, -0.1) is 0 Å². The third kappa shape index (κ3) is 2.42. The van der Waals surface area contributed by atoms with Crippen molar-refractivity contribution in [2.24, 2.45) is 0 Å². The zero-order valence-corrected chi connectivity index (χ0v) is 9.90. The fourth-order valence-electron chi connectivity index (χ4n) is 1.49. The number of hydrogen-bond donors (Lipinski definition) is 2. The van der Waals surface area contributed by atoms with Gasteiger partial charge < -0.3 is 10.2 Å². The van der Waals surface area contributed by atoms with Crippen LogP contribution in [-0.4, -0.2) is 16.2 Å². The van der Waals surface area contributed by atoms with Gasteiger partial charge in [-0.25, -0.2) is 0 Å². The first-order valence-electron chi connectivity index (χ1n) is 5.41. The van der Waals surface area contributed by atoms with E-state index in [1.807, 2.05) is 13.0 Å². The third-order valence-electron chi connectivity index (χ3n) is 2.91. The number of carbonyl (C=O) groups is 1. The van der Waals surface area contributed by atoms with E-state index in [-0.39, 0.29) is 0 Å². The van der Waals surface area contributed by atoms with Crippen molar-refractivity contribution in [1.29, 1.82) is 0 Å². The summed E-state index contributed by atoms with van der Waals surface area (Å²) < 4.78 is 0. The van der Waals surface area contributed by atoms with Gasteiger partial charge >= 0.3 is 5.97 Å². The lowest BCUT2D eigenvalue weighted by Crippen LogP contribution is -2.28. The summed E-state index contributed by atoms with van der Waals surface area (Å²) in [6, 6.07) is 7.14. The molecule has 16 heavy (non-hydrogen) atoms. The zero-order valence-electron chi connectivity index (χ0n) is 9.90. The summed E-state index contributed by atoms with van der Waals surface area (Å²) in [7, 11) is 0. The van der Waals surface area contributed by atoms with Gasteiger partial charge in [-0.05, 0) is 31.4 Å². The molecule has 0 aliphatic heterocycles. The van der Waals surface area contributed by atoms with E-state index in [4.69, 9.17) is 5.11 Å². The Kier molecular flexibility index (Phi) is 3.70. The van der Waals surface area contributed by atoms with Crippen LogP contribution in [0.2, 0.25) is 0 Å². The third-order valence-corrected chi connectivity index (χ3v) is 2.91. The molecule has 1 atom stereocenters. The Morgan fingerprint density at radius 2 is 2.06 bits per heavy atom. The van der Waals surface area contributed by atoms with Gasteiger partial charge in [0.05, 0.1) is 11.5 Å². The van der Waals surface area contributed by atoms with Gasteiger partial charge in [-0.2, -0.15) is 0 Å². The highest BCUT2D eigenvalue weighted by Gasteiger charge is 2.29. The van der Waals surface area contributed by atoms with E-state index in [0.717, 1.165) is 5.56 Å². The largest absolute Gasteiger partial charge is 0.481 e. The monoisotopic (exact) mass is 222 g/mol. The van der Waals surface area contributed by atoms with Crippen LogP contribution in [0, 0.1) is 0 Å². The first-order valence-corrected chi connectivity index (χ1v) is 5.41. The molecule has 0 aromatic heterocycles. The van der Waals surface area contributed by atoms with E-state index in [2.05, 4.69) is 0 Å². The Balaban J connectivity index is 3.12. The molecule has 0 heterocycles. The van der Waals surface area contributed by atoms with Gasteiger partial charge in [0.2, 0.25) is 0 Å². The maximum Gasteiger partial charge on any atom is 0.313 e. The minimum absolute atomic E-state index is 0.524. The van der Waals surface area contributed by atoms with E-state index < -0.39 is 17.5 Å². The number of carboxylic acid groups (broad SMARTS) is 1. The molecule has 0 radical (unpaired) electrons. The van der Waals surface area contributed by atoms with Gasteiger partial charge in [0.15, 0.2) is 0 Å². The Morgan fingerprint density at radius 3 is 2.56 bits per heavy atom. The van der Waals surface area contributed by atoms with Crippen LogP contribution in [-0.2, 0) is 10.2 Å². The highest BCUT2D eigenvalue weighted by Crippen LogP contribution is 2.26. The summed E-state index contributed by atoms with van der Waals surface area (Å²) in [4.78, 5) is 11.1. The summed E-state index contributed by atoms with van der Waals surface area (Å²) in [5.41, 5.74) is 0.558. The molecular formula is C13H18O3. The number of aliphatic hydroxyl groups is 1. The Morgan fingerprint density at radius 1 is 1.44 bits per heavy atom. The highest BCUT2D eigenvalue weighted by atomic mass is 16.4. The molecule has 3 nitrogen and oxygen atoms in total. The normalized spacial score (nSPS) is 13.5. The van der Waals surface area contributed by atoms with Crippen LogP contribution in [0.4, 0.5) is 0 Å². The second-order valence-corrected chi connectivity index (χ2v) is 4.48. The second-order valence-electron chi connectivity index (χ2n) is 4.48. The quantitative estimate of drug-likeness (QED) is 0.822. The molecule has 1 rings (SSSR count). The molecule has 0 saturated carbocycles. The average molecular weight is 222 g/mol. The van der Waals surface area contributed by atoms with Crippen molar-refractivity contribution in [3.63, 3.8) is 0 Å². The first kappa shape index (κ1) is 12.7. The predicted molar refractivity (Wildman–Crippen MR) is 62.4 cm³/mol. The summed E-state index contributed by atoms with van der Waals surface area (Å²) in [6.07, 6.45) is 0.0984. The van der Waals surface area contributed by atoms with Gasteiger partial charge in [0.25, 0.3) is 0 Å². The van der Waals surface area contributed by atoms with Crippen molar-refractivity contribution in [1.82, 2.24) is 0 Å². The number of carboxylic acids is 1. The standard InChI is InChI=1S/C13H18O3/c1-4-11(14)9-6-5-7-10(8-9)13(2,3)12(15)16/h5-8,11,14H,4H2,1-3H3,(H,15,16). The highest BCUT2D eigenvalue weighted by molar-refractivity contribution is 5.80. The lowest BCUT2D eigenvalue weighted by atomic mass is 9.83. The van der Waals surface area contributed by atoms with Crippen molar-refractivity contribution in [3.05, 3.63) is 35.4 Å². The van der Waals surface area contributed by atoms with Gasteiger partial charge in [-0.3, -0.25) is 4.79 Å². The molecule has 0 aliphatic carbocycles. The van der Waals surface area contributed by atoms with E-state index >= 15 is 0 Å². The molecule has 3 heteroatoms. The molecule has 0 spiro atoms. The Bertz CT molecular complexity index is 383. The number of benzene rings is 1. The van der Waals surface area contributed by atoms with Crippen LogP contribution < -0.4 is 0 Å². The smallest absolute Gasteiger partial charge is 0.313 e. The fraction of sp³-hybridized carbons (Fsp3) is 0.462. The molecule has 2 N–H and O–H groups in total. The Hall–Kier alpha value is -1.35. The topological polar surface area (TPSA) is 57.5 Å². The van der Waals surface area contributed by atoms with Crippen molar-refractivity contribution >= 4 is 5.97 Å². The van der Waals surface area contributed by atoms with Gasteiger partial charge in [-0.1, -0.05) is 31.2 Å². The molecule has 1 aromatic rings. The molecule has 88 valence electrons. The Labute approximate surface area is 95.7 Å². The SMILES string of the molecule is CCC(O)c1cccc(C(C)(C)C(=O)O)c1. The molecule has 0 amide bonds. The van der Waals surface area contributed by atoms with Crippen LogP contribution in [0.5, 0.6) is 0 Å². The average Bonchev–Trinajstić information content (AvgIpc) is 2.28. The maximum atomic E-state index is 11.1. The first-order chi connectivity index (χ1) is 7.39. The molecule has 0 bridgehead atoms. The maximum absolute atomic E-state index is 11.1. The summed E-state index contributed by atoms with van der Waals surface area (Å²) in [6.45, 7) is 5.21. The second kappa shape index (κ2) is 4.66. The van der Waals surface area contributed by atoms with E-state index in [1.54, 1.807) is 32.0 Å². The van der Waals surface area contributed by atoms with Gasteiger partial charge in [0, 0.05) is 0 Å². The van der Waals surface area contributed by atoms with E-state index in [0.29, 0.717) is 12.0 Å². The lowest BCUT2D eigenvalue weighted by molar-refractivity contribution is -0.142. The predicted octanol–water partition coefficient (Wildman–Crippen LogP) is 2.49.